The Labute approximate surface area is 126 Å². The molecule has 1 atom stereocenters. The summed E-state index contributed by atoms with van der Waals surface area (Å²) in [5, 5.41) is 3.95. The van der Waals surface area contributed by atoms with Gasteiger partial charge in [0.1, 0.15) is 0 Å². The van der Waals surface area contributed by atoms with Crippen LogP contribution in [0.4, 0.5) is 0 Å². The molecule has 1 spiro atoms. The lowest BCUT2D eigenvalue weighted by atomic mass is 9.80. The maximum atomic E-state index is 3.95. The number of rotatable bonds is 4. The Morgan fingerprint density at radius 1 is 1.15 bits per heavy atom. The fraction of sp³-hybridized carbons (Fsp3) is 1.00. The minimum atomic E-state index is 0.374. The van der Waals surface area contributed by atoms with E-state index < -0.39 is 0 Å². The highest BCUT2D eigenvalue weighted by atomic mass is 15.3. The molecule has 0 aromatic heterocycles. The summed E-state index contributed by atoms with van der Waals surface area (Å²) in [6, 6.07) is 0.689. The number of hydrogen-bond donors (Lipinski definition) is 1. The lowest BCUT2D eigenvalue weighted by Crippen LogP contribution is -2.66. The largest absolute Gasteiger partial charge is 0.308 e. The maximum absolute atomic E-state index is 3.95. The Kier molecular flexibility index (Phi) is 5.18. The minimum Gasteiger partial charge on any atom is -0.308 e. The quantitative estimate of drug-likeness (QED) is 0.835. The Balaban J connectivity index is 2.10. The van der Waals surface area contributed by atoms with Crippen molar-refractivity contribution in [2.75, 3.05) is 19.6 Å². The first kappa shape index (κ1) is 16.3. The normalized spacial score (nSPS) is 27.6. The first-order valence-electron chi connectivity index (χ1n) is 8.89. The summed E-state index contributed by atoms with van der Waals surface area (Å²) >= 11 is 0. The molecule has 1 saturated heterocycles. The zero-order chi connectivity index (χ0) is 14.8. The van der Waals surface area contributed by atoms with Crippen LogP contribution in [0.2, 0.25) is 0 Å². The Morgan fingerprint density at radius 2 is 1.75 bits per heavy atom. The predicted octanol–water partition coefficient (Wildman–Crippen LogP) is 4.06. The maximum Gasteiger partial charge on any atom is 0.0309 e. The molecule has 1 aliphatic carbocycles. The molecule has 0 amide bonds. The van der Waals surface area contributed by atoms with Crippen LogP contribution in [0.25, 0.3) is 0 Å². The second-order valence-electron chi connectivity index (χ2n) is 8.36. The van der Waals surface area contributed by atoms with E-state index in [1.807, 2.05) is 0 Å². The van der Waals surface area contributed by atoms with E-state index in [-0.39, 0.29) is 0 Å². The van der Waals surface area contributed by atoms with Crippen molar-refractivity contribution in [1.29, 1.82) is 0 Å². The van der Waals surface area contributed by atoms with Crippen molar-refractivity contribution >= 4 is 0 Å². The molecule has 2 heteroatoms. The van der Waals surface area contributed by atoms with Crippen LogP contribution >= 0.6 is 0 Å². The second kappa shape index (κ2) is 6.36. The molecule has 1 heterocycles. The van der Waals surface area contributed by atoms with Gasteiger partial charge in [0.15, 0.2) is 0 Å². The van der Waals surface area contributed by atoms with E-state index in [1.54, 1.807) is 0 Å². The predicted molar refractivity (Wildman–Crippen MR) is 88.1 cm³/mol. The number of hydrogen-bond acceptors (Lipinski definition) is 2. The van der Waals surface area contributed by atoms with Gasteiger partial charge in [0, 0.05) is 31.2 Å². The van der Waals surface area contributed by atoms with Crippen molar-refractivity contribution in [3.05, 3.63) is 0 Å². The summed E-state index contributed by atoms with van der Waals surface area (Å²) < 4.78 is 0. The van der Waals surface area contributed by atoms with Gasteiger partial charge in [-0.25, -0.2) is 0 Å². The molecular formula is C18H36N2. The van der Waals surface area contributed by atoms with Crippen LogP contribution in [0.1, 0.15) is 73.1 Å². The van der Waals surface area contributed by atoms with Gasteiger partial charge in [0.25, 0.3) is 0 Å². The van der Waals surface area contributed by atoms with Gasteiger partial charge in [-0.15, -0.1) is 0 Å². The van der Waals surface area contributed by atoms with Crippen molar-refractivity contribution in [2.45, 2.75) is 84.7 Å². The summed E-state index contributed by atoms with van der Waals surface area (Å²) in [4.78, 5) is 2.85. The van der Waals surface area contributed by atoms with Gasteiger partial charge in [0.05, 0.1) is 0 Å². The molecule has 0 aromatic rings. The van der Waals surface area contributed by atoms with Gasteiger partial charge in [-0.05, 0) is 24.2 Å². The Hall–Kier alpha value is -0.0800. The smallest absolute Gasteiger partial charge is 0.0309 e. The van der Waals surface area contributed by atoms with Crippen molar-refractivity contribution in [3.8, 4) is 0 Å². The molecule has 2 rings (SSSR count). The van der Waals surface area contributed by atoms with Gasteiger partial charge in [-0.2, -0.15) is 0 Å². The van der Waals surface area contributed by atoms with Gasteiger partial charge in [-0.3, -0.25) is 4.90 Å². The highest BCUT2D eigenvalue weighted by molar-refractivity contribution is 5.03. The first-order chi connectivity index (χ1) is 9.40. The summed E-state index contributed by atoms with van der Waals surface area (Å²) in [7, 11) is 0. The van der Waals surface area contributed by atoms with Gasteiger partial charge >= 0.3 is 0 Å². The van der Waals surface area contributed by atoms with Crippen LogP contribution in [0.15, 0.2) is 0 Å². The summed E-state index contributed by atoms with van der Waals surface area (Å²) in [6.07, 6.45) is 8.28. The van der Waals surface area contributed by atoms with Crippen LogP contribution in [-0.4, -0.2) is 36.1 Å². The molecule has 2 fully saturated rings. The zero-order valence-corrected chi connectivity index (χ0v) is 14.5. The molecule has 1 aliphatic heterocycles. The average Bonchev–Trinajstić information content (AvgIpc) is 2.82. The third kappa shape index (κ3) is 3.57. The topological polar surface area (TPSA) is 15.3 Å². The number of piperazine rings is 1. The van der Waals surface area contributed by atoms with Crippen LogP contribution < -0.4 is 5.32 Å². The lowest BCUT2D eigenvalue weighted by molar-refractivity contribution is 0.0123. The highest BCUT2D eigenvalue weighted by Gasteiger charge is 2.44. The molecule has 0 bridgehead atoms. The van der Waals surface area contributed by atoms with Crippen molar-refractivity contribution in [1.82, 2.24) is 10.2 Å². The minimum absolute atomic E-state index is 0.374. The molecule has 1 unspecified atom stereocenters. The fourth-order valence-electron chi connectivity index (χ4n) is 4.31. The molecule has 1 N–H and O–H groups in total. The Morgan fingerprint density at radius 3 is 2.25 bits per heavy atom. The Bertz CT molecular complexity index is 295. The monoisotopic (exact) mass is 280 g/mol. The van der Waals surface area contributed by atoms with E-state index in [9.17, 15) is 0 Å². The molecule has 20 heavy (non-hydrogen) atoms. The molecule has 2 nitrogen and oxygen atoms in total. The summed E-state index contributed by atoms with van der Waals surface area (Å²) in [5.74, 6) is 0.872. The van der Waals surface area contributed by atoms with E-state index in [1.165, 1.54) is 58.2 Å². The molecule has 118 valence electrons. The van der Waals surface area contributed by atoms with E-state index in [4.69, 9.17) is 0 Å². The van der Waals surface area contributed by atoms with E-state index >= 15 is 0 Å². The third-order valence-corrected chi connectivity index (χ3v) is 5.82. The number of nitrogens with one attached hydrogen (secondary N) is 1. The van der Waals surface area contributed by atoms with Gasteiger partial charge in [-0.1, -0.05) is 60.3 Å². The summed E-state index contributed by atoms with van der Waals surface area (Å²) in [6.45, 7) is 15.7. The molecular weight excluding hydrogens is 244 g/mol. The second-order valence-corrected chi connectivity index (χ2v) is 8.36. The van der Waals surface area contributed by atoms with Gasteiger partial charge < -0.3 is 5.32 Å². The van der Waals surface area contributed by atoms with Crippen LogP contribution in [-0.2, 0) is 0 Å². The molecule has 2 aliphatic rings. The zero-order valence-electron chi connectivity index (χ0n) is 14.5. The highest BCUT2D eigenvalue weighted by Crippen LogP contribution is 2.37. The standard InChI is InChI=1S/C18H36N2/c1-6-15(7-2)13-20-14-18(10-8-9-11-18)19-12-16(20)17(3,4)5/h15-16,19H,6-14H2,1-5H3. The third-order valence-electron chi connectivity index (χ3n) is 5.82. The van der Waals surface area contributed by atoms with Gasteiger partial charge in [0.2, 0.25) is 0 Å². The SMILES string of the molecule is CCC(CC)CN1CC2(CCCC2)NCC1C(C)(C)C. The van der Waals surface area contributed by atoms with E-state index in [0.29, 0.717) is 17.0 Å². The van der Waals surface area contributed by atoms with Crippen LogP contribution in [0.3, 0.4) is 0 Å². The average molecular weight is 280 g/mol. The fourth-order valence-corrected chi connectivity index (χ4v) is 4.31. The van der Waals surface area contributed by atoms with Crippen molar-refractivity contribution in [3.63, 3.8) is 0 Å². The molecule has 0 aromatic carbocycles. The lowest BCUT2D eigenvalue weighted by Gasteiger charge is -2.51. The first-order valence-corrected chi connectivity index (χ1v) is 8.89. The van der Waals surface area contributed by atoms with Crippen molar-refractivity contribution < 1.29 is 0 Å². The summed E-state index contributed by atoms with van der Waals surface area (Å²) in [5.41, 5.74) is 0.826. The molecule has 1 saturated carbocycles. The number of nitrogens with zero attached hydrogens (tertiary/aromatic N) is 1. The van der Waals surface area contributed by atoms with Crippen LogP contribution in [0, 0.1) is 11.3 Å². The van der Waals surface area contributed by atoms with Crippen LogP contribution in [0.5, 0.6) is 0 Å². The molecule has 0 radical (unpaired) electrons. The van der Waals surface area contributed by atoms with E-state index in [0.717, 1.165) is 5.92 Å². The van der Waals surface area contributed by atoms with Crippen molar-refractivity contribution in [2.24, 2.45) is 11.3 Å². The van der Waals surface area contributed by atoms with E-state index in [2.05, 4.69) is 44.8 Å².